The average molecular weight is 464 g/mol. The van der Waals surface area contributed by atoms with E-state index in [-0.39, 0.29) is 11.9 Å². The fraction of sp³-hybridized carbons (Fsp3) is 0.333. The second kappa shape index (κ2) is 9.07. The van der Waals surface area contributed by atoms with E-state index in [9.17, 15) is 19.8 Å². The van der Waals surface area contributed by atoms with E-state index in [1.54, 1.807) is 12.1 Å². The van der Waals surface area contributed by atoms with E-state index in [2.05, 4.69) is 15.6 Å². The molecule has 2 aromatic heterocycles. The number of thiophene rings is 1. The van der Waals surface area contributed by atoms with Crippen LogP contribution in [-0.2, 0) is 11.2 Å². The normalized spacial score (nSPS) is 19.9. The minimum atomic E-state index is -1.59. The number of halogens is 1. The second-order valence-electron chi connectivity index (χ2n) is 7.48. The van der Waals surface area contributed by atoms with Crippen LogP contribution in [0.2, 0.25) is 4.34 Å². The number of Topliss-reactive ketones (excluding diaryl/α,β-unsaturated/α-hetero) is 1. The number of H-pyrrole nitrogens is 1. The molecule has 1 unspecified atom stereocenters. The summed E-state index contributed by atoms with van der Waals surface area (Å²) in [5.74, 6) is -1.01. The molecular weight excluding hydrogens is 442 g/mol. The molecule has 4 atom stereocenters. The molecule has 0 fully saturated rings. The summed E-state index contributed by atoms with van der Waals surface area (Å²) in [6.07, 6.45) is -1.05. The van der Waals surface area contributed by atoms with Crippen molar-refractivity contribution >= 4 is 44.8 Å². The number of carbonyl (C=O) groups is 2. The van der Waals surface area contributed by atoms with Crippen molar-refractivity contribution < 1.29 is 24.9 Å². The molecule has 1 aliphatic carbocycles. The average Bonchev–Trinajstić information content (AvgIpc) is 3.41. The number of amides is 1. The molecule has 0 spiro atoms. The molecule has 0 saturated heterocycles. The summed E-state index contributed by atoms with van der Waals surface area (Å²) in [6, 6.07) is 9.18. The molecule has 0 bridgehead atoms. The van der Waals surface area contributed by atoms with Crippen LogP contribution in [0.5, 0.6) is 0 Å². The number of nitrogens with one attached hydrogen (secondary N) is 3. The van der Waals surface area contributed by atoms with Gasteiger partial charge in [-0.15, -0.1) is 11.3 Å². The summed E-state index contributed by atoms with van der Waals surface area (Å²) >= 11 is 7.34. The van der Waals surface area contributed by atoms with E-state index in [0.29, 0.717) is 16.5 Å². The molecule has 0 aliphatic heterocycles. The molecule has 0 saturated carbocycles. The van der Waals surface area contributed by atoms with Crippen LogP contribution in [0.15, 0.2) is 36.4 Å². The predicted octanol–water partition coefficient (Wildman–Crippen LogP) is 1.15. The van der Waals surface area contributed by atoms with E-state index in [1.807, 2.05) is 24.3 Å². The lowest BCUT2D eigenvalue weighted by Gasteiger charge is -2.27. The van der Waals surface area contributed by atoms with Crippen LogP contribution in [0.25, 0.3) is 10.2 Å². The SMILES string of the molecule is O=C(N[C@@H]1Cc2ccccc2[C@H]1NC(CO)C(=O)[C@H](O)CO)c1cc2cc(Cl)sc2[nH]1. The van der Waals surface area contributed by atoms with Crippen LogP contribution in [0.1, 0.15) is 27.7 Å². The molecule has 3 aromatic rings. The van der Waals surface area contributed by atoms with Gasteiger partial charge in [-0.1, -0.05) is 35.9 Å². The van der Waals surface area contributed by atoms with Crippen molar-refractivity contribution in [1.29, 1.82) is 0 Å². The van der Waals surface area contributed by atoms with Gasteiger partial charge in [0.05, 0.1) is 35.7 Å². The highest BCUT2D eigenvalue weighted by Crippen LogP contribution is 2.33. The Morgan fingerprint density at radius 3 is 2.71 bits per heavy atom. The summed E-state index contributed by atoms with van der Waals surface area (Å²) in [7, 11) is 0. The smallest absolute Gasteiger partial charge is 0.268 e. The standard InChI is InChI=1S/C21H22ClN3O5S/c22-17-7-11-6-14(25-21(11)31-17)20(30)24-13-5-10-3-1-2-4-12(10)18(13)23-15(8-26)19(29)16(28)9-27/h1-4,6-7,13,15-16,18,23,25-28H,5,8-9H2,(H,24,30)/t13-,15?,16-,18-/m1/s1. The summed E-state index contributed by atoms with van der Waals surface area (Å²) < 4.78 is 0.633. The van der Waals surface area contributed by atoms with Gasteiger partial charge in [0, 0.05) is 5.39 Å². The third kappa shape index (κ3) is 4.38. The first-order chi connectivity index (χ1) is 14.9. The molecule has 1 amide bonds. The minimum Gasteiger partial charge on any atom is -0.394 e. The van der Waals surface area contributed by atoms with Crippen LogP contribution >= 0.6 is 22.9 Å². The first-order valence-electron chi connectivity index (χ1n) is 9.77. The second-order valence-corrected chi connectivity index (χ2v) is 9.16. The number of fused-ring (bicyclic) bond motifs is 2. The number of benzene rings is 1. The zero-order chi connectivity index (χ0) is 22.1. The molecule has 31 heavy (non-hydrogen) atoms. The van der Waals surface area contributed by atoms with Gasteiger partial charge in [-0.05, 0) is 29.7 Å². The minimum absolute atomic E-state index is 0.300. The van der Waals surface area contributed by atoms with Crippen LogP contribution in [0, 0.1) is 0 Å². The van der Waals surface area contributed by atoms with Crippen LogP contribution in [0.4, 0.5) is 0 Å². The topological polar surface area (TPSA) is 135 Å². The van der Waals surface area contributed by atoms with Gasteiger partial charge in [0.2, 0.25) is 0 Å². The van der Waals surface area contributed by atoms with Gasteiger partial charge in [0.15, 0.2) is 5.78 Å². The quantitative estimate of drug-likeness (QED) is 0.297. The lowest BCUT2D eigenvalue weighted by atomic mass is 10.0. The molecule has 1 aromatic carbocycles. The maximum absolute atomic E-state index is 12.9. The molecule has 10 heteroatoms. The van der Waals surface area contributed by atoms with Crippen LogP contribution in [-0.4, -0.2) is 63.4 Å². The molecule has 164 valence electrons. The highest BCUT2D eigenvalue weighted by Gasteiger charge is 2.37. The number of aromatic nitrogens is 1. The van der Waals surface area contributed by atoms with Crippen molar-refractivity contribution in [2.45, 2.75) is 30.7 Å². The summed E-state index contributed by atoms with van der Waals surface area (Å²) in [5, 5.41) is 35.4. The summed E-state index contributed by atoms with van der Waals surface area (Å²) in [6.45, 7) is -1.28. The Balaban J connectivity index is 1.55. The number of aliphatic hydroxyl groups is 3. The van der Waals surface area contributed by atoms with Gasteiger partial charge < -0.3 is 25.6 Å². The fourth-order valence-electron chi connectivity index (χ4n) is 3.96. The van der Waals surface area contributed by atoms with Crippen molar-refractivity contribution in [3.05, 3.63) is 57.6 Å². The van der Waals surface area contributed by atoms with E-state index < -0.39 is 37.2 Å². The third-order valence-electron chi connectivity index (χ3n) is 5.48. The first-order valence-corrected chi connectivity index (χ1v) is 11.0. The van der Waals surface area contributed by atoms with Gasteiger partial charge in [-0.3, -0.25) is 14.9 Å². The monoisotopic (exact) mass is 463 g/mol. The van der Waals surface area contributed by atoms with Crippen molar-refractivity contribution in [2.75, 3.05) is 13.2 Å². The van der Waals surface area contributed by atoms with Crippen LogP contribution < -0.4 is 10.6 Å². The van der Waals surface area contributed by atoms with Crippen molar-refractivity contribution in [3.8, 4) is 0 Å². The Morgan fingerprint density at radius 2 is 2.00 bits per heavy atom. The van der Waals surface area contributed by atoms with Crippen molar-refractivity contribution in [3.63, 3.8) is 0 Å². The number of hydrogen-bond donors (Lipinski definition) is 6. The van der Waals surface area contributed by atoms with Crippen molar-refractivity contribution in [2.24, 2.45) is 0 Å². The maximum atomic E-state index is 12.9. The zero-order valence-electron chi connectivity index (χ0n) is 16.3. The van der Waals surface area contributed by atoms with Crippen molar-refractivity contribution in [1.82, 2.24) is 15.6 Å². The largest absolute Gasteiger partial charge is 0.394 e. The number of aromatic amines is 1. The Kier molecular flexibility index (Phi) is 6.42. The Morgan fingerprint density at radius 1 is 1.23 bits per heavy atom. The zero-order valence-corrected chi connectivity index (χ0v) is 17.9. The van der Waals surface area contributed by atoms with Gasteiger partial charge in [-0.2, -0.15) is 0 Å². The predicted molar refractivity (Wildman–Crippen MR) is 117 cm³/mol. The Bertz CT molecular complexity index is 1080. The Hall–Kier alpha value is -2.27. The number of ketones is 1. The lowest BCUT2D eigenvalue weighted by Crippen LogP contribution is -2.51. The molecule has 8 nitrogen and oxygen atoms in total. The maximum Gasteiger partial charge on any atom is 0.268 e. The fourth-order valence-corrected chi connectivity index (χ4v) is 5.09. The van der Waals surface area contributed by atoms with E-state index in [0.717, 1.165) is 21.3 Å². The van der Waals surface area contributed by atoms with Crippen LogP contribution in [0.3, 0.4) is 0 Å². The number of carbonyl (C=O) groups excluding carboxylic acids is 2. The van der Waals surface area contributed by atoms with Gasteiger partial charge >= 0.3 is 0 Å². The van der Waals surface area contributed by atoms with Gasteiger partial charge in [0.25, 0.3) is 5.91 Å². The highest BCUT2D eigenvalue weighted by molar-refractivity contribution is 7.22. The molecule has 6 N–H and O–H groups in total. The molecule has 2 heterocycles. The van der Waals surface area contributed by atoms with Gasteiger partial charge in [0.1, 0.15) is 16.6 Å². The van der Waals surface area contributed by atoms with E-state index in [1.165, 1.54) is 11.3 Å². The molecule has 0 radical (unpaired) electrons. The van der Waals surface area contributed by atoms with Gasteiger partial charge in [-0.25, -0.2) is 0 Å². The molecule has 4 rings (SSSR count). The number of rotatable bonds is 8. The Labute approximate surface area is 186 Å². The number of hydrogen-bond acceptors (Lipinski definition) is 7. The first kappa shape index (κ1) is 21.9. The van der Waals surface area contributed by atoms with E-state index >= 15 is 0 Å². The summed E-state index contributed by atoms with van der Waals surface area (Å²) in [5.41, 5.74) is 2.31. The third-order valence-corrected chi connectivity index (χ3v) is 6.68. The summed E-state index contributed by atoms with van der Waals surface area (Å²) in [4.78, 5) is 29.1. The lowest BCUT2D eigenvalue weighted by molar-refractivity contribution is -0.132. The number of aliphatic hydroxyl groups excluding tert-OH is 3. The highest BCUT2D eigenvalue weighted by atomic mass is 35.5. The molecular formula is C21H22ClN3O5S. The van der Waals surface area contributed by atoms with E-state index in [4.69, 9.17) is 16.7 Å². The molecule has 1 aliphatic rings.